The monoisotopic (exact) mass is 279 g/mol. The van der Waals surface area contributed by atoms with E-state index in [1.807, 2.05) is 0 Å². The third kappa shape index (κ3) is 2.13. The predicted molar refractivity (Wildman–Crippen MR) is 75.1 cm³/mol. The zero-order valence-corrected chi connectivity index (χ0v) is 12.4. The second-order valence-electron chi connectivity index (χ2n) is 7.82. The fraction of sp³-hybridized carbons (Fsp3) is 0.875. The summed E-state index contributed by atoms with van der Waals surface area (Å²) < 4.78 is 0. The summed E-state index contributed by atoms with van der Waals surface area (Å²) >= 11 is 0. The third-order valence-electron chi connectivity index (χ3n) is 5.85. The third-order valence-corrected chi connectivity index (χ3v) is 5.85. The van der Waals surface area contributed by atoms with Gasteiger partial charge in [-0.1, -0.05) is 13.8 Å². The molecule has 112 valence electrons. The van der Waals surface area contributed by atoms with Gasteiger partial charge >= 0.3 is 5.97 Å². The lowest BCUT2D eigenvalue weighted by molar-refractivity contribution is -0.158. The van der Waals surface area contributed by atoms with E-state index < -0.39 is 12.0 Å². The second kappa shape index (κ2) is 4.47. The van der Waals surface area contributed by atoms with Crippen LogP contribution in [0.1, 0.15) is 58.8 Å². The highest BCUT2D eigenvalue weighted by Crippen LogP contribution is 2.65. The summed E-state index contributed by atoms with van der Waals surface area (Å²) in [6, 6.07) is -0.733. The van der Waals surface area contributed by atoms with Crippen molar-refractivity contribution in [2.75, 3.05) is 0 Å². The van der Waals surface area contributed by atoms with Crippen molar-refractivity contribution >= 4 is 11.9 Å². The van der Waals surface area contributed by atoms with Crippen LogP contribution in [-0.2, 0) is 9.59 Å². The Morgan fingerprint density at radius 1 is 1.25 bits per heavy atom. The molecule has 0 radical (unpaired) electrons. The predicted octanol–water partition coefficient (Wildman–Crippen LogP) is 2.57. The lowest BCUT2D eigenvalue weighted by Gasteiger charge is -2.60. The van der Waals surface area contributed by atoms with Gasteiger partial charge in [0.15, 0.2) is 0 Å². The van der Waals surface area contributed by atoms with E-state index in [0.29, 0.717) is 23.7 Å². The van der Waals surface area contributed by atoms with E-state index in [-0.39, 0.29) is 11.3 Å². The summed E-state index contributed by atoms with van der Waals surface area (Å²) in [6.45, 7) is 4.13. The van der Waals surface area contributed by atoms with Gasteiger partial charge < -0.3 is 10.4 Å². The van der Waals surface area contributed by atoms with Crippen LogP contribution in [0.15, 0.2) is 0 Å². The number of hydrogen-bond acceptors (Lipinski definition) is 2. The number of hydrogen-bond donors (Lipinski definition) is 2. The number of aliphatic carboxylic acids is 1. The molecule has 20 heavy (non-hydrogen) atoms. The normalized spacial score (nSPS) is 43.3. The fourth-order valence-corrected chi connectivity index (χ4v) is 5.64. The smallest absolute Gasteiger partial charge is 0.326 e. The molecule has 4 saturated carbocycles. The minimum atomic E-state index is -0.920. The molecule has 0 heterocycles. The van der Waals surface area contributed by atoms with Gasteiger partial charge in [0.25, 0.3) is 0 Å². The first-order valence-electron chi connectivity index (χ1n) is 7.90. The first-order valence-corrected chi connectivity index (χ1v) is 7.90. The highest BCUT2D eigenvalue weighted by Gasteiger charge is 2.59. The molecule has 2 N–H and O–H groups in total. The van der Waals surface area contributed by atoms with Gasteiger partial charge in [-0.3, -0.25) is 4.79 Å². The van der Waals surface area contributed by atoms with Crippen LogP contribution in [0.5, 0.6) is 0 Å². The van der Waals surface area contributed by atoms with Crippen LogP contribution in [-0.4, -0.2) is 23.0 Å². The molecule has 4 aliphatic carbocycles. The highest BCUT2D eigenvalue weighted by atomic mass is 16.4. The Morgan fingerprint density at radius 3 is 2.30 bits per heavy atom. The van der Waals surface area contributed by atoms with Gasteiger partial charge in [-0.05, 0) is 62.2 Å². The molecule has 4 heteroatoms. The molecule has 0 aromatic carbocycles. The van der Waals surface area contributed by atoms with Crippen LogP contribution in [0.3, 0.4) is 0 Å². The maximum atomic E-state index is 12.7. The summed E-state index contributed by atoms with van der Waals surface area (Å²) in [7, 11) is 0. The van der Waals surface area contributed by atoms with E-state index in [2.05, 4.69) is 12.2 Å². The number of carboxylic acid groups (broad SMARTS) is 1. The second-order valence-corrected chi connectivity index (χ2v) is 7.82. The first kappa shape index (κ1) is 13.9. The van der Waals surface area contributed by atoms with E-state index in [9.17, 15) is 9.59 Å². The van der Waals surface area contributed by atoms with Crippen molar-refractivity contribution in [2.24, 2.45) is 22.7 Å². The van der Waals surface area contributed by atoms with Crippen molar-refractivity contribution in [1.82, 2.24) is 5.32 Å². The summed E-state index contributed by atoms with van der Waals surface area (Å²) in [6.07, 6.45) is 7.14. The number of carbonyl (C=O) groups is 2. The molecule has 0 aromatic heterocycles. The number of carboxylic acids is 1. The van der Waals surface area contributed by atoms with E-state index in [1.54, 1.807) is 6.92 Å². The summed E-state index contributed by atoms with van der Waals surface area (Å²) in [5, 5.41) is 11.9. The molecule has 3 atom stereocenters. The minimum Gasteiger partial charge on any atom is -0.480 e. The van der Waals surface area contributed by atoms with Crippen LogP contribution in [0.25, 0.3) is 0 Å². The summed E-state index contributed by atoms with van der Waals surface area (Å²) in [5.41, 5.74) is 0.0358. The van der Waals surface area contributed by atoms with Crippen molar-refractivity contribution in [3.8, 4) is 0 Å². The maximum absolute atomic E-state index is 12.7. The van der Waals surface area contributed by atoms with E-state index in [4.69, 9.17) is 5.11 Å². The molecule has 4 aliphatic rings. The molecule has 0 spiro atoms. The van der Waals surface area contributed by atoms with Gasteiger partial charge in [0.2, 0.25) is 5.91 Å². The van der Waals surface area contributed by atoms with Crippen LogP contribution in [0.2, 0.25) is 0 Å². The number of rotatable bonds is 4. The van der Waals surface area contributed by atoms with Crippen molar-refractivity contribution < 1.29 is 14.7 Å². The minimum absolute atomic E-state index is 0.00655. The van der Waals surface area contributed by atoms with E-state index >= 15 is 0 Å². The van der Waals surface area contributed by atoms with Crippen molar-refractivity contribution in [3.05, 3.63) is 0 Å². The summed E-state index contributed by atoms with van der Waals surface area (Å²) in [5.74, 6) is 0.442. The number of nitrogens with one attached hydrogen (secondary N) is 1. The van der Waals surface area contributed by atoms with E-state index in [1.165, 1.54) is 19.3 Å². The van der Waals surface area contributed by atoms with Crippen LogP contribution < -0.4 is 5.32 Å². The first-order chi connectivity index (χ1) is 9.36. The SMILES string of the molecule is CC[C@H](NC(=O)C12CC3CC(CC(C)(C3)C1)C2)C(=O)O. The molecule has 2 unspecified atom stereocenters. The van der Waals surface area contributed by atoms with Crippen molar-refractivity contribution in [2.45, 2.75) is 64.8 Å². The topological polar surface area (TPSA) is 66.4 Å². The van der Waals surface area contributed by atoms with Gasteiger partial charge in [-0.25, -0.2) is 4.79 Å². The molecule has 4 bridgehead atoms. The van der Waals surface area contributed by atoms with Gasteiger partial charge in [0.1, 0.15) is 6.04 Å². The Bertz CT molecular complexity index is 431. The number of amides is 1. The quantitative estimate of drug-likeness (QED) is 0.831. The molecule has 4 rings (SSSR count). The van der Waals surface area contributed by atoms with E-state index in [0.717, 1.165) is 19.3 Å². The standard InChI is InChI=1S/C16H25NO3/c1-3-12(13(18)19)17-14(20)16-7-10-4-11(8-16)6-15(2,5-10)9-16/h10-12H,3-9H2,1-2H3,(H,17,20)(H,18,19)/t10?,11?,12-,15?,16?/m0/s1. The maximum Gasteiger partial charge on any atom is 0.326 e. The molecule has 0 aliphatic heterocycles. The average Bonchev–Trinajstić information content (AvgIpc) is 2.31. The number of carbonyl (C=O) groups excluding carboxylic acids is 1. The zero-order valence-electron chi connectivity index (χ0n) is 12.4. The van der Waals surface area contributed by atoms with Crippen molar-refractivity contribution in [3.63, 3.8) is 0 Å². The molecule has 4 nitrogen and oxygen atoms in total. The fourth-order valence-electron chi connectivity index (χ4n) is 5.64. The Morgan fingerprint density at radius 2 is 1.85 bits per heavy atom. The van der Waals surface area contributed by atoms with Crippen LogP contribution >= 0.6 is 0 Å². The largest absolute Gasteiger partial charge is 0.480 e. The Balaban J connectivity index is 1.79. The van der Waals surface area contributed by atoms with Gasteiger partial charge in [-0.15, -0.1) is 0 Å². The van der Waals surface area contributed by atoms with Gasteiger partial charge in [-0.2, -0.15) is 0 Å². The van der Waals surface area contributed by atoms with Crippen LogP contribution in [0.4, 0.5) is 0 Å². The highest BCUT2D eigenvalue weighted by molar-refractivity contribution is 5.87. The average molecular weight is 279 g/mol. The van der Waals surface area contributed by atoms with Crippen LogP contribution in [0, 0.1) is 22.7 Å². The van der Waals surface area contributed by atoms with Crippen molar-refractivity contribution in [1.29, 1.82) is 0 Å². The molecule has 1 amide bonds. The molecule has 4 fully saturated rings. The van der Waals surface area contributed by atoms with Gasteiger partial charge in [0, 0.05) is 0 Å². The Hall–Kier alpha value is -1.06. The molecule has 0 saturated heterocycles. The molecular weight excluding hydrogens is 254 g/mol. The Kier molecular flexibility index (Phi) is 3.11. The Labute approximate surface area is 120 Å². The summed E-state index contributed by atoms with van der Waals surface area (Å²) in [4.78, 5) is 23.9. The molecule has 0 aromatic rings. The lowest BCUT2D eigenvalue weighted by Crippen LogP contribution is -2.58. The lowest BCUT2D eigenvalue weighted by atomic mass is 9.44. The van der Waals surface area contributed by atoms with Gasteiger partial charge in [0.05, 0.1) is 5.41 Å². The zero-order chi connectivity index (χ0) is 14.5. The molecular formula is C16H25NO3.